The highest BCUT2D eigenvalue weighted by molar-refractivity contribution is 5.97. The summed E-state index contributed by atoms with van der Waals surface area (Å²) in [5, 5.41) is 1.20. The van der Waals surface area contributed by atoms with E-state index in [1.165, 1.54) is 27.6 Å². The lowest BCUT2D eigenvalue weighted by Gasteiger charge is -2.11. The van der Waals surface area contributed by atoms with Gasteiger partial charge in [-0.2, -0.15) is 0 Å². The maximum atomic E-state index is 4.92. The van der Waals surface area contributed by atoms with Crippen LogP contribution >= 0.6 is 0 Å². The summed E-state index contributed by atoms with van der Waals surface area (Å²) in [6.45, 7) is 4.22. The molecule has 3 aromatic carbocycles. The first-order valence-corrected chi connectivity index (χ1v) is 8.24. The van der Waals surface area contributed by atoms with Gasteiger partial charge in [-0.15, -0.1) is 0 Å². The number of hydrogen-bond donors (Lipinski definition) is 0. The summed E-state index contributed by atoms with van der Waals surface area (Å²) in [4.78, 5) is 4.92. The molecule has 0 aliphatic carbocycles. The number of pyridine rings is 1. The van der Waals surface area contributed by atoms with Crippen LogP contribution < -0.4 is 0 Å². The second kappa shape index (κ2) is 5.93. The Kier molecular flexibility index (Phi) is 3.62. The number of hydrogen-bond acceptors (Lipinski definition) is 1. The van der Waals surface area contributed by atoms with Crippen molar-refractivity contribution >= 4 is 10.9 Å². The standard InChI is InChI=1S/C23H19N/c1-16-8-11-19(12-9-16)22-15-21(18-6-4-3-5-7-18)20-13-10-17(2)14-23(20)24-22/h3-15H,1-2H3. The minimum Gasteiger partial charge on any atom is -0.248 e. The predicted molar refractivity (Wildman–Crippen MR) is 102 cm³/mol. The second-order valence-corrected chi connectivity index (χ2v) is 6.31. The molecule has 0 radical (unpaired) electrons. The monoisotopic (exact) mass is 309 g/mol. The minimum atomic E-state index is 1.02. The number of nitrogens with zero attached hydrogens (tertiary/aromatic N) is 1. The van der Waals surface area contributed by atoms with Crippen LogP contribution in [0.2, 0.25) is 0 Å². The summed E-state index contributed by atoms with van der Waals surface area (Å²) >= 11 is 0. The highest BCUT2D eigenvalue weighted by atomic mass is 14.7. The van der Waals surface area contributed by atoms with Crippen molar-refractivity contribution in [1.82, 2.24) is 4.98 Å². The fourth-order valence-electron chi connectivity index (χ4n) is 3.07. The molecular formula is C23H19N. The molecule has 0 N–H and O–H groups in total. The molecule has 0 saturated heterocycles. The molecule has 24 heavy (non-hydrogen) atoms. The number of aryl methyl sites for hydroxylation is 2. The zero-order valence-corrected chi connectivity index (χ0v) is 14.0. The summed E-state index contributed by atoms with van der Waals surface area (Å²) in [6, 6.07) is 27.8. The van der Waals surface area contributed by atoms with Gasteiger partial charge in [0.25, 0.3) is 0 Å². The molecule has 0 fully saturated rings. The van der Waals surface area contributed by atoms with Crippen molar-refractivity contribution in [3.05, 3.63) is 90.0 Å². The lowest BCUT2D eigenvalue weighted by Crippen LogP contribution is -1.90. The van der Waals surface area contributed by atoms with E-state index in [9.17, 15) is 0 Å². The van der Waals surface area contributed by atoms with Crippen molar-refractivity contribution in [2.45, 2.75) is 13.8 Å². The van der Waals surface area contributed by atoms with Crippen LogP contribution in [0.1, 0.15) is 11.1 Å². The van der Waals surface area contributed by atoms with E-state index in [4.69, 9.17) is 4.98 Å². The van der Waals surface area contributed by atoms with Crippen LogP contribution in [-0.2, 0) is 0 Å². The molecule has 1 aromatic heterocycles. The third kappa shape index (κ3) is 2.69. The molecule has 0 aliphatic heterocycles. The van der Waals surface area contributed by atoms with Crippen molar-refractivity contribution in [2.24, 2.45) is 0 Å². The van der Waals surface area contributed by atoms with E-state index in [0.717, 1.165) is 16.8 Å². The van der Waals surface area contributed by atoms with E-state index >= 15 is 0 Å². The summed E-state index contributed by atoms with van der Waals surface area (Å²) < 4.78 is 0. The zero-order valence-electron chi connectivity index (χ0n) is 14.0. The molecule has 0 aliphatic rings. The maximum Gasteiger partial charge on any atom is 0.0718 e. The quantitative estimate of drug-likeness (QED) is 0.430. The van der Waals surface area contributed by atoms with Gasteiger partial charge in [0, 0.05) is 10.9 Å². The average Bonchev–Trinajstić information content (AvgIpc) is 2.62. The summed E-state index contributed by atoms with van der Waals surface area (Å²) in [5.74, 6) is 0. The van der Waals surface area contributed by atoms with E-state index in [-0.39, 0.29) is 0 Å². The van der Waals surface area contributed by atoms with Crippen LogP contribution in [-0.4, -0.2) is 4.98 Å². The van der Waals surface area contributed by atoms with E-state index in [1.54, 1.807) is 0 Å². The van der Waals surface area contributed by atoms with Gasteiger partial charge in [-0.25, -0.2) is 4.98 Å². The zero-order chi connectivity index (χ0) is 16.5. The molecule has 1 nitrogen and oxygen atoms in total. The van der Waals surface area contributed by atoms with Crippen molar-refractivity contribution in [3.8, 4) is 22.4 Å². The molecule has 4 rings (SSSR count). The van der Waals surface area contributed by atoms with E-state index in [0.29, 0.717) is 0 Å². The minimum absolute atomic E-state index is 1.02. The fourth-order valence-corrected chi connectivity index (χ4v) is 3.07. The molecular weight excluding hydrogens is 290 g/mol. The summed E-state index contributed by atoms with van der Waals surface area (Å²) in [5.41, 5.74) is 8.17. The van der Waals surface area contributed by atoms with Gasteiger partial charge in [0.1, 0.15) is 0 Å². The van der Waals surface area contributed by atoms with Crippen molar-refractivity contribution in [3.63, 3.8) is 0 Å². The van der Waals surface area contributed by atoms with Gasteiger partial charge in [-0.3, -0.25) is 0 Å². The maximum absolute atomic E-state index is 4.92. The smallest absolute Gasteiger partial charge is 0.0718 e. The molecule has 0 bridgehead atoms. The van der Waals surface area contributed by atoms with Gasteiger partial charge < -0.3 is 0 Å². The Morgan fingerprint density at radius 2 is 1.33 bits per heavy atom. The molecule has 0 amide bonds. The van der Waals surface area contributed by atoms with Gasteiger partial charge in [-0.05, 0) is 42.7 Å². The Labute approximate surface area is 142 Å². The normalized spacial score (nSPS) is 10.9. The molecule has 0 atom stereocenters. The van der Waals surface area contributed by atoms with Crippen LogP contribution in [0.15, 0.2) is 78.9 Å². The van der Waals surface area contributed by atoms with Crippen LogP contribution in [0.3, 0.4) is 0 Å². The highest BCUT2D eigenvalue weighted by Crippen LogP contribution is 2.32. The largest absolute Gasteiger partial charge is 0.248 e. The Hall–Kier alpha value is -2.93. The van der Waals surface area contributed by atoms with Gasteiger partial charge in [0.05, 0.1) is 11.2 Å². The first kappa shape index (κ1) is 14.6. The van der Waals surface area contributed by atoms with E-state index in [1.807, 2.05) is 0 Å². The Balaban J connectivity index is 2.01. The van der Waals surface area contributed by atoms with Crippen molar-refractivity contribution < 1.29 is 0 Å². The SMILES string of the molecule is Cc1ccc(-c2cc(-c3ccccc3)c3ccc(C)cc3n2)cc1. The van der Waals surface area contributed by atoms with Gasteiger partial charge in [0.15, 0.2) is 0 Å². The first-order chi connectivity index (χ1) is 11.7. The molecule has 0 spiro atoms. The van der Waals surface area contributed by atoms with Gasteiger partial charge in [0.2, 0.25) is 0 Å². The Morgan fingerprint density at radius 1 is 0.625 bits per heavy atom. The topological polar surface area (TPSA) is 12.9 Å². The second-order valence-electron chi connectivity index (χ2n) is 6.31. The average molecular weight is 309 g/mol. The van der Waals surface area contributed by atoms with E-state index in [2.05, 4.69) is 92.7 Å². The Morgan fingerprint density at radius 3 is 2.08 bits per heavy atom. The molecule has 0 unspecified atom stereocenters. The molecule has 1 heteroatoms. The lowest BCUT2D eigenvalue weighted by molar-refractivity contribution is 1.37. The van der Waals surface area contributed by atoms with Crippen molar-refractivity contribution in [1.29, 1.82) is 0 Å². The number of benzene rings is 3. The molecule has 1 heterocycles. The predicted octanol–water partition coefficient (Wildman–Crippen LogP) is 6.19. The summed E-state index contributed by atoms with van der Waals surface area (Å²) in [7, 11) is 0. The number of fused-ring (bicyclic) bond motifs is 1. The third-order valence-corrected chi connectivity index (χ3v) is 4.40. The Bertz CT molecular complexity index is 999. The van der Waals surface area contributed by atoms with Crippen molar-refractivity contribution in [2.75, 3.05) is 0 Å². The van der Waals surface area contributed by atoms with Crippen LogP contribution in [0.4, 0.5) is 0 Å². The molecule has 116 valence electrons. The lowest BCUT2D eigenvalue weighted by atomic mass is 9.97. The highest BCUT2D eigenvalue weighted by Gasteiger charge is 2.09. The molecule has 0 saturated carbocycles. The van der Waals surface area contributed by atoms with Gasteiger partial charge >= 0.3 is 0 Å². The van der Waals surface area contributed by atoms with Crippen LogP contribution in [0.5, 0.6) is 0 Å². The third-order valence-electron chi connectivity index (χ3n) is 4.40. The number of rotatable bonds is 2. The molecule has 4 aromatic rings. The van der Waals surface area contributed by atoms with Gasteiger partial charge in [-0.1, -0.05) is 72.3 Å². The fraction of sp³-hybridized carbons (Fsp3) is 0.0870. The number of aromatic nitrogens is 1. The van der Waals surface area contributed by atoms with Crippen LogP contribution in [0.25, 0.3) is 33.3 Å². The van der Waals surface area contributed by atoms with E-state index < -0.39 is 0 Å². The summed E-state index contributed by atoms with van der Waals surface area (Å²) in [6.07, 6.45) is 0. The first-order valence-electron chi connectivity index (χ1n) is 8.24. The van der Waals surface area contributed by atoms with Crippen LogP contribution in [0, 0.1) is 13.8 Å².